The summed E-state index contributed by atoms with van der Waals surface area (Å²) in [6.45, 7) is 6.63. The van der Waals surface area contributed by atoms with E-state index in [1.165, 1.54) is 0 Å². The SMILES string of the molecule is CCOC1CCC(c2ccc(Nc3nc(Nc4ccc(CP(=O)(OCC)OCC)cc4)ncc3C(F)(F)F)c3c(O)n(C)cc23)CC1. The van der Waals surface area contributed by atoms with Gasteiger partial charge in [-0.1, -0.05) is 18.2 Å². The lowest BCUT2D eigenvalue weighted by atomic mass is 9.81. The van der Waals surface area contributed by atoms with Gasteiger partial charge in [-0.05, 0) is 81.7 Å². The first-order chi connectivity index (χ1) is 22.4. The van der Waals surface area contributed by atoms with Gasteiger partial charge in [0.1, 0.15) is 11.4 Å². The summed E-state index contributed by atoms with van der Waals surface area (Å²) in [6.07, 6.45) is 1.78. The van der Waals surface area contributed by atoms with Gasteiger partial charge in [-0.2, -0.15) is 18.2 Å². The molecule has 0 amide bonds. The van der Waals surface area contributed by atoms with Crippen molar-refractivity contribution in [2.75, 3.05) is 30.5 Å². The van der Waals surface area contributed by atoms with E-state index in [9.17, 15) is 22.8 Å². The molecule has 5 rings (SSSR count). The van der Waals surface area contributed by atoms with Gasteiger partial charge < -0.3 is 34.1 Å². The second-order valence-corrected chi connectivity index (χ2v) is 13.5. The Labute approximate surface area is 272 Å². The standard InChI is InChI=1S/C33H41F3N5O5P/c1-5-44-24-14-10-22(11-15-24)25-16-17-28(29-26(25)19-41(4)31(29)42)39-30-27(33(34,35)36)18-37-32(40-30)38-23-12-8-21(9-13-23)20-47(43,45-6-2)46-7-3/h8-9,12-13,16-19,22,24,42H,5-7,10-11,14-15,20H2,1-4H3,(H2,37,38,39,40). The van der Waals surface area contributed by atoms with Crippen molar-refractivity contribution >= 4 is 41.5 Å². The fourth-order valence-electron chi connectivity index (χ4n) is 6.12. The number of rotatable bonds is 13. The van der Waals surface area contributed by atoms with Gasteiger partial charge in [0.25, 0.3) is 0 Å². The first-order valence-corrected chi connectivity index (χ1v) is 17.5. The lowest BCUT2D eigenvalue weighted by molar-refractivity contribution is -0.137. The Morgan fingerprint density at radius 1 is 0.979 bits per heavy atom. The van der Waals surface area contributed by atoms with E-state index in [1.54, 1.807) is 55.8 Å². The molecule has 47 heavy (non-hydrogen) atoms. The first-order valence-electron chi connectivity index (χ1n) is 15.8. The molecule has 4 aromatic rings. The van der Waals surface area contributed by atoms with Crippen LogP contribution >= 0.6 is 7.60 Å². The minimum atomic E-state index is -4.74. The Morgan fingerprint density at radius 3 is 2.28 bits per heavy atom. The number of aromatic hydroxyl groups is 1. The maximum atomic E-state index is 14.1. The summed E-state index contributed by atoms with van der Waals surface area (Å²) in [4.78, 5) is 8.12. The Hall–Kier alpha value is -3.64. The van der Waals surface area contributed by atoms with Gasteiger partial charge >= 0.3 is 13.8 Å². The number of nitrogens with one attached hydrogen (secondary N) is 2. The molecule has 10 nitrogen and oxygen atoms in total. The summed E-state index contributed by atoms with van der Waals surface area (Å²) in [5.41, 5.74) is 1.49. The molecular weight excluding hydrogens is 634 g/mol. The van der Waals surface area contributed by atoms with Gasteiger partial charge in [-0.3, -0.25) is 4.57 Å². The monoisotopic (exact) mass is 675 g/mol. The van der Waals surface area contributed by atoms with Crippen molar-refractivity contribution < 1.29 is 36.6 Å². The summed E-state index contributed by atoms with van der Waals surface area (Å²) in [5, 5.41) is 18.0. The van der Waals surface area contributed by atoms with Crippen LogP contribution in [0.5, 0.6) is 5.88 Å². The predicted octanol–water partition coefficient (Wildman–Crippen LogP) is 9.01. The molecule has 2 aromatic carbocycles. The highest BCUT2D eigenvalue weighted by Gasteiger charge is 2.36. The minimum Gasteiger partial charge on any atom is -0.494 e. The van der Waals surface area contributed by atoms with Crippen LogP contribution in [0.2, 0.25) is 0 Å². The predicted molar refractivity (Wildman–Crippen MR) is 176 cm³/mol. The molecule has 2 heterocycles. The van der Waals surface area contributed by atoms with E-state index in [4.69, 9.17) is 13.8 Å². The average Bonchev–Trinajstić information content (AvgIpc) is 3.32. The molecule has 1 saturated carbocycles. The minimum absolute atomic E-state index is 0.0633. The zero-order valence-electron chi connectivity index (χ0n) is 26.9. The van der Waals surface area contributed by atoms with Crippen molar-refractivity contribution in [2.45, 2.75) is 70.8 Å². The largest absolute Gasteiger partial charge is 0.494 e. The van der Waals surface area contributed by atoms with Crippen LogP contribution in [0.15, 0.2) is 48.8 Å². The second-order valence-electron chi connectivity index (χ2n) is 11.5. The molecule has 0 bridgehead atoms. The summed E-state index contributed by atoms with van der Waals surface area (Å²) in [6, 6.07) is 10.4. The molecule has 14 heteroatoms. The van der Waals surface area contributed by atoms with Crippen LogP contribution in [0.25, 0.3) is 10.8 Å². The van der Waals surface area contributed by atoms with E-state index in [2.05, 4.69) is 20.6 Å². The lowest BCUT2D eigenvalue weighted by Gasteiger charge is -2.29. The molecule has 2 aromatic heterocycles. The number of benzene rings is 2. The maximum Gasteiger partial charge on any atom is 0.421 e. The molecule has 0 unspecified atom stereocenters. The number of halogens is 3. The van der Waals surface area contributed by atoms with Crippen LogP contribution in [0.3, 0.4) is 0 Å². The van der Waals surface area contributed by atoms with Gasteiger partial charge in [-0.25, -0.2) is 4.98 Å². The van der Waals surface area contributed by atoms with E-state index in [-0.39, 0.29) is 48.9 Å². The fourth-order valence-corrected chi connectivity index (χ4v) is 7.83. The summed E-state index contributed by atoms with van der Waals surface area (Å²) in [7, 11) is -1.61. The zero-order valence-corrected chi connectivity index (χ0v) is 27.8. The summed E-state index contributed by atoms with van der Waals surface area (Å²) in [5.74, 6) is -0.358. The van der Waals surface area contributed by atoms with Gasteiger partial charge in [0.2, 0.25) is 11.8 Å². The number of hydrogen-bond acceptors (Lipinski definition) is 9. The molecular formula is C33H41F3N5O5P. The van der Waals surface area contributed by atoms with E-state index in [0.29, 0.717) is 23.2 Å². The molecule has 0 spiro atoms. The third-order valence-electron chi connectivity index (χ3n) is 8.26. The van der Waals surface area contributed by atoms with Crippen LogP contribution < -0.4 is 10.6 Å². The Balaban J connectivity index is 1.42. The number of ether oxygens (including phenoxy) is 1. The van der Waals surface area contributed by atoms with Gasteiger partial charge in [0.05, 0.1) is 36.6 Å². The van der Waals surface area contributed by atoms with E-state index in [1.807, 2.05) is 19.2 Å². The van der Waals surface area contributed by atoms with Gasteiger partial charge in [-0.15, -0.1) is 0 Å². The van der Waals surface area contributed by atoms with Gasteiger partial charge in [0.15, 0.2) is 0 Å². The van der Waals surface area contributed by atoms with E-state index < -0.39 is 25.2 Å². The van der Waals surface area contributed by atoms with E-state index in [0.717, 1.165) is 42.8 Å². The second kappa shape index (κ2) is 14.6. The molecule has 1 fully saturated rings. The number of aromatic nitrogens is 3. The van der Waals surface area contributed by atoms with Crippen LogP contribution in [-0.2, 0) is 37.7 Å². The lowest BCUT2D eigenvalue weighted by Crippen LogP contribution is -2.20. The summed E-state index contributed by atoms with van der Waals surface area (Å²) < 4.78 is 73.4. The number of alkyl halides is 3. The van der Waals surface area contributed by atoms with Crippen molar-refractivity contribution in [3.63, 3.8) is 0 Å². The van der Waals surface area contributed by atoms with Gasteiger partial charge in [0, 0.05) is 37.1 Å². The molecule has 254 valence electrons. The van der Waals surface area contributed by atoms with Crippen molar-refractivity contribution in [3.8, 4) is 5.88 Å². The van der Waals surface area contributed by atoms with Crippen LogP contribution in [0.4, 0.5) is 36.3 Å². The molecule has 1 aliphatic carbocycles. The van der Waals surface area contributed by atoms with Crippen molar-refractivity contribution in [1.82, 2.24) is 14.5 Å². The molecule has 0 atom stereocenters. The number of nitrogens with zero attached hydrogens (tertiary/aromatic N) is 3. The highest BCUT2D eigenvalue weighted by atomic mass is 31.2. The number of aryl methyl sites for hydroxylation is 1. The first kappa shape index (κ1) is 34.7. The van der Waals surface area contributed by atoms with Crippen LogP contribution in [0, 0.1) is 0 Å². The third kappa shape index (κ3) is 8.09. The zero-order chi connectivity index (χ0) is 33.8. The quantitative estimate of drug-likeness (QED) is 0.119. The highest BCUT2D eigenvalue weighted by Crippen LogP contribution is 2.51. The maximum absolute atomic E-state index is 14.1. The number of hydrogen-bond donors (Lipinski definition) is 3. The molecule has 3 N–H and O–H groups in total. The van der Waals surface area contributed by atoms with Crippen LogP contribution in [-0.4, -0.2) is 45.6 Å². The number of fused-ring (bicyclic) bond motifs is 1. The molecule has 0 radical (unpaired) electrons. The number of anilines is 4. The highest BCUT2D eigenvalue weighted by molar-refractivity contribution is 7.53. The molecule has 0 aliphatic heterocycles. The summed E-state index contributed by atoms with van der Waals surface area (Å²) >= 11 is 0. The fraction of sp³-hybridized carbons (Fsp3) is 0.455. The normalized spacial score (nSPS) is 17.3. The van der Waals surface area contributed by atoms with Crippen molar-refractivity contribution in [1.29, 1.82) is 0 Å². The van der Waals surface area contributed by atoms with Crippen molar-refractivity contribution in [3.05, 3.63) is 65.5 Å². The topological polar surface area (TPSA) is 120 Å². The Bertz CT molecular complexity index is 1710. The third-order valence-corrected chi connectivity index (χ3v) is 10.3. The van der Waals surface area contributed by atoms with Crippen molar-refractivity contribution in [2.24, 2.45) is 7.05 Å². The molecule has 0 saturated heterocycles. The van der Waals surface area contributed by atoms with E-state index >= 15 is 0 Å². The smallest absolute Gasteiger partial charge is 0.421 e. The van der Waals surface area contributed by atoms with Crippen LogP contribution in [0.1, 0.15) is 69.1 Å². The average molecular weight is 676 g/mol. The Morgan fingerprint density at radius 2 is 1.66 bits per heavy atom. The Kier molecular flexibility index (Phi) is 10.8. The molecule has 1 aliphatic rings.